The molecule has 7 nitrogen and oxygen atoms in total. The van der Waals surface area contributed by atoms with Gasteiger partial charge in [-0.2, -0.15) is 0 Å². The van der Waals surface area contributed by atoms with E-state index < -0.39 is 6.61 Å². The molecule has 0 heterocycles. The van der Waals surface area contributed by atoms with Crippen molar-refractivity contribution in [3.63, 3.8) is 0 Å². The van der Waals surface area contributed by atoms with E-state index in [0.717, 1.165) is 36.1 Å². The van der Waals surface area contributed by atoms with E-state index in [1.807, 2.05) is 30.3 Å². The summed E-state index contributed by atoms with van der Waals surface area (Å²) in [5.74, 6) is 0.568. The Labute approximate surface area is 241 Å². The molecule has 0 unspecified atom stereocenters. The first-order valence-electron chi connectivity index (χ1n) is 13.8. The van der Waals surface area contributed by atoms with E-state index in [0.29, 0.717) is 24.6 Å². The van der Waals surface area contributed by atoms with Crippen molar-refractivity contribution in [1.29, 1.82) is 0 Å². The molecule has 0 bridgehead atoms. The van der Waals surface area contributed by atoms with Gasteiger partial charge in [-0.25, -0.2) is 0 Å². The number of rotatable bonds is 15. The highest BCUT2D eigenvalue weighted by Gasteiger charge is 2.16. The fourth-order valence-electron chi connectivity index (χ4n) is 4.87. The summed E-state index contributed by atoms with van der Waals surface area (Å²) in [6.45, 7) is 1.90. The molecule has 7 heteroatoms. The molecule has 0 aromatic heterocycles. The van der Waals surface area contributed by atoms with Gasteiger partial charge in [-0.15, -0.1) is 0 Å². The van der Waals surface area contributed by atoms with Crippen LogP contribution in [0.4, 0.5) is 0 Å². The van der Waals surface area contributed by atoms with Gasteiger partial charge in [-0.05, 0) is 64.4 Å². The number of fused-ring (bicyclic) bond motifs is 1. The molecular weight excluding hydrogens is 518 g/mol. The van der Waals surface area contributed by atoms with Crippen LogP contribution in [0.15, 0.2) is 78.9 Å². The van der Waals surface area contributed by atoms with Gasteiger partial charge >= 0.3 is 5.97 Å². The summed E-state index contributed by atoms with van der Waals surface area (Å²) in [5, 5.41) is 8.91. The van der Waals surface area contributed by atoms with Crippen molar-refractivity contribution in [1.82, 2.24) is 4.90 Å². The minimum atomic E-state index is -0.497. The van der Waals surface area contributed by atoms with Crippen LogP contribution < -0.4 is 9.47 Å². The molecule has 0 fully saturated rings. The predicted octanol–water partition coefficient (Wildman–Crippen LogP) is 4.90. The van der Waals surface area contributed by atoms with Gasteiger partial charge in [0.1, 0.15) is 13.2 Å². The summed E-state index contributed by atoms with van der Waals surface area (Å²) >= 11 is 0. The van der Waals surface area contributed by atoms with Gasteiger partial charge in [0.15, 0.2) is 17.3 Å². The maximum Gasteiger partial charge on any atom is 0.310 e. The first-order chi connectivity index (χ1) is 20.0. The Morgan fingerprint density at radius 2 is 1.68 bits per heavy atom. The number of nitrogens with zero attached hydrogens (tertiary/aromatic N) is 1. The monoisotopic (exact) mass is 555 g/mol. The third-order valence-corrected chi connectivity index (χ3v) is 7.10. The smallest absolute Gasteiger partial charge is 0.310 e. The molecule has 0 saturated heterocycles. The van der Waals surface area contributed by atoms with E-state index in [1.165, 1.54) is 22.8 Å². The Balaban J connectivity index is 1.36. The second kappa shape index (κ2) is 15.0. The molecule has 214 valence electrons. The lowest BCUT2D eigenvalue weighted by atomic mass is 10.0. The second-order valence-corrected chi connectivity index (χ2v) is 9.90. The zero-order valence-corrected chi connectivity index (χ0v) is 23.7. The van der Waals surface area contributed by atoms with E-state index in [4.69, 9.17) is 19.3 Å². The number of hydrogen-bond acceptors (Lipinski definition) is 7. The summed E-state index contributed by atoms with van der Waals surface area (Å²) in [4.78, 5) is 26.3. The second-order valence-electron chi connectivity index (χ2n) is 9.90. The molecule has 0 radical (unpaired) electrons. The Hall–Kier alpha value is -4.20. The Bertz CT molecular complexity index is 1390. The van der Waals surface area contributed by atoms with Gasteiger partial charge in [-0.1, -0.05) is 66.7 Å². The molecule has 1 N–H and O–H groups in total. The highest BCUT2D eigenvalue weighted by molar-refractivity contribution is 5.94. The maximum atomic E-state index is 12.6. The first-order valence-corrected chi connectivity index (χ1v) is 13.8. The fourth-order valence-corrected chi connectivity index (χ4v) is 4.87. The van der Waals surface area contributed by atoms with Crippen molar-refractivity contribution in [2.24, 2.45) is 0 Å². The number of methoxy groups -OCH3 is 2. The van der Waals surface area contributed by atoms with E-state index in [1.54, 1.807) is 32.4 Å². The molecule has 0 amide bonds. The third kappa shape index (κ3) is 8.64. The van der Waals surface area contributed by atoms with Crippen LogP contribution in [0.1, 0.15) is 34.2 Å². The summed E-state index contributed by atoms with van der Waals surface area (Å²) in [6, 6.07) is 21.9. The number of allylic oxidation sites excluding steroid dienone is 1. The van der Waals surface area contributed by atoms with Crippen LogP contribution in [0.2, 0.25) is 0 Å². The molecule has 0 saturated carbocycles. The summed E-state index contributed by atoms with van der Waals surface area (Å²) in [7, 11) is 3.14. The number of esters is 1. The van der Waals surface area contributed by atoms with Crippen LogP contribution in [0.5, 0.6) is 11.5 Å². The lowest BCUT2D eigenvalue weighted by Crippen LogP contribution is -2.29. The number of aliphatic hydroxyl groups is 1. The average molecular weight is 556 g/mol. The van der Waals surface area contributed by atoms with Gasteiger partial charge < -0.3 is 19.3 Å². The zero-order chi connectivity index (χ0) is 29.0. The van der Waals surface area contributed by atoms with Crippen LogP contribution in [0.25, 0.3) is 11.6 Å². The van der Waals surface area contributed by atoms with Gasteiger partial charge in [0, 0.05) is 19.6 Å². The quantitative estimate of drug-likeness (QED) is 0.211. The average Bonchev–Trinajstić information content (AvgIpc) is 3.42. The molecule has 3 aromatic carbocycles. The predicted molar refractivity (Wildman–Crippen MR) is 160 cm³/mol. The first kappa shape index (κ1) is 29.8. The van der Waals surface area contributed by atoms with Crippen molar-refractivity contribution < 1.29 is 28.9 Å². The molecule has 0 atom stereocenters. The topological polar surface area (TPSA) is 85.3 Å². The minimum absolute atomic E-state index is 0.151. The molecule has 0 aliphatic heterocycles. The largest absolute Gasteiger partial charge is 0.493 e. The number of ether oxygens (including phenoxy) is 3. The summed E-state index contributed by atoms with van der Waals surface area (Å²) in [5.41, 5.74) is 6.84. The number of carbonyl (C=O) groups is 2. The van der Waals surface area contributed by atoms with Crippen LogP contribution >= 0.6 is 0 Å². The van der Waals surface area contributed by atoms with Crippen molar-refractivity contribution in [2.45, 2.75) is 25.8 Å². The van der Waals surface area contributed by atoms with Gasteiger partial charge in [0.2, 0.25) is 0 Å². The summed E-state index contributed by atoms with van der Waals surface area (Å²) in [6.07, 6.45) is 7.40. The van der Waals surface area contributed by atoms with Crippen LogP contribution in [0, 0.1) is 0 Å². The van der Waals surface area contributed by atoms with Crippen molar-refractivity contribution in [3.05, 3.63) is 107 Å². The molecule has 1 aliphatic carbocycles. The SMILES string of the molecule is COc1ccc(CC(=O)OCCN(CCC2=CCc3ccccc32)Cc2ccc(/C=C/C(=O)CO)cc2)cc1OC. The maximum absolute atomic E-state index is 12.6. The lowest BCUT2D eigenvalue weighted by Gasteiger charge is -2.23. The zero-order valence-electron chi connectivity index (χ0n) is 23.7. The molecule has 41 heavy (non-hydrogen) atoms. The number of aliphatic hydroxyl groups excluding tert-OH is 1. The normalized spacial score (nSPS) is 12.3. The molecule has 4 rings (SSSR count). The molecular formula is C34H37NO6. The van der Waals surface area contributed by atoms with Crippen LogP contribution in [-0.2, 0) is 33.7 Å². The number of carbonyl (C=O) groups excluding carboxylic acids is 2. The summed E-state index contributed by atoms with van der Waals surface area (Å²) < 4.78 is 16.2. The number of hydrogen-bond donors (Lipinski definition) is 1. The number of ketones is 1. The molecule has 3 aromatic rings. The van der Waals surface area contributed by atoms with Crippen LogP contribution in [0.3, 0.4) is 0 Å². The fraction of sp³-hybridized carbons (Fsp3) is 0.294. The molecule has 0 spiro atoms. The molecule has 1 aliphatic rings. The van der Waals surface area contributed by atoms with E-state index >= 15 is 0 Å². The highest BCUT2D eigenvalue weighted by Crippen LogP contribution is 2.30. The highest BCUT2D eigenvalue weighted by atomic mass is 16.5. The van der Waals surface area contributed by atoms with Gasteiger partial charge in [0.05, 0.1) is 20.6 Å². The Morgan fingerprint density at radius 1 is 0.927 bits per heavy atom. The third-order valence-electron chi connectivity index (χ3n) is 7.10. The van der Waals surface area contributed by atoms with Crippen LogP contribution in [-0.4, -0.2) is 62.3 Å². The van der Waals surface area contributed by atoms with E-state index in [9.17, 15) is 9.59 Å². The van der Waals surface area contributed by atoms with E-state index in [-0.39, 0.29) is 24.8 Å². The van der Waals surface area contributed by atoms with Crippen molar-refractivity contribution >= 4 is 23.4 Å². The van der Waals surface area contributed by atoms with Gasteiger partial charge in [-0.3, -0.25) is 14.5 Å². The lowest BCUT2D eigenvalue weighted by molar-refractivity contribution is -0.143. The Kier molecular flexibility index (Phi) is 10.9. The van der Waals surface area contributed by atoms with E-state index in [2.05, 4.69) is 35.2 Å². The standard InChI is InChI=1S/C34H37NO6/c1-39-32-16-12-27(21-33(32)40-2)22-34(38)41-20-19-35(18-17-29-14-13-28-5-3-4-6-31(28)29)23-26-9-7-25(8-10-26)11-15-30(37)24-36/h3-12,14-16,21,36H,13,17-20,22-24H2,1-2H3/b15-11+. The number of benzene rings is 3. The minimum Gasteiger partial charge on any atom is -0.493 e. The van der Waals surface area contributed by atoms with Crippen molar-refractivity contribution in [3.8, 4) is 11.5 Å². The Morgan fingerprint density at radius 3 is 2.44 bits per heavy atom. The van der Waals surface area contributed by atoms with Gasteiger partial charge in [0.25, 0.3) is 0 Å². The van der Waals surface area contributed by atoms with Crippen molar-refractivity contribution in [2.75, 3.05) is 40.5 Å².